The van der Waals surface area contributed by atoms with Crippen molar-refractivity contribution in [3.8, 4) is 0 Å². The summed E-state index contributed by atoms with van der Waals surface area (Å²) in [4.78, 5) is 12.1. The van der Waals surface area contributed by atoms with Crippen LogP contribution in [0.15, 0.2) is 23.3 Å². The highest BCUT2D eigenvalue weighted by atomic mass is 79.9. The van der Waals surface area contributed by atoms with Crippen LogP contribution in [0.5, 0.6) is 0 Å². The minimum Gasteiger partial charge on any atom is -0.312 e. The maximum absolute atomic E-state index is 12.1. The van der Waals surface area contributed by atoms with Gasteiger partial charge in [-0.05, 0) is 18.9 Å². The minimum absolute atomic E-state index is 0.0240. The Hall–Kier alpha value is -1.10. The van der Waals surface area contributed by atoms with Gasteiger partial charge in [0.25, 0.3) is 5.56 Å². The summed E-state index contributed by atoms with van der Waals surface area (Å²) in [6.07, 6.45) is 3.62. The van der Waals surface area contributed by atoms with Gasteiger partial charge in [0.15, 0.2) is 0 Å². The summed E-state index contributed by atoms with van der Waals surface area (Å²) in [5, 5.41) is 5.10. The molecule has 1 unspecified atom stereocenters. The van der Waals surface area contributed by atoms with E-state index < -0.39 is 0 Å². The standard InChI is InChI=1S/C11H14BrN3O/c1-8(6-12)7-14-3-4-15-10(11(14)16)5-9(2)13-15/h3-5,8H,6-7H2,1-2H3. The van der Waals surface area contributed by atoms with E-state index in [1.165, 1.54) is 0 Å². The van der Waals surface area contributed by atoms with Gasteiger partial charge < -0.3 is 4.57 Å². The topological polar surface area (TPSA) is 39.3 Å². The van der Waals surface area contributed by atoms with Gasteiger partial charge in [-0.25, -0.2) is 4.52 Å². The molecular weight excluding hydrogens is 270 g/mol. The predicted octanol–water partition coefficient (Wildman–Crippen LogP) is 1.84. The van der Waals surface area contributed by atoms with Gasteiger partial charge in [-0.2, -0.15) is 5.10 Å². The third-order valence-corrected chi connectivity index (χ3v) is 3.60. The van der Waals surface area contributed by atoms with Crippen molar-refractivity contribution in [2.45, 2.75) is 20.4 Å². The SMILES string of the molecule is Cc1cc2c(=O)n(CC(C)CBr)ccn2n1. The van der Waals surface area contributed by atoms with Crippen molar-refractivity contribution in [1.82, 2.24) is 14.2 Å². The van der Waals surface area contributed by atoms with Crippen LogP contribution < -0.4 is 5.56 Å². The first-order valence-corrected chi connectivity index (χ1v) is 6.35. The molecule has 2 aromatic rings. The highest BCUT2D eigenvalue weighted by Crippen LogP contribution is 2.04. The molecule has 2 heterocycles. The summed E-state index contributed by atoms with van der Waals surface area (Å²) in [7, 11) is 0. The van der Waals surface area contributed by atoms with E-state index in [9.17, 15) is 4.79 Å². The molecule has 0 aliphatic heterocycles. The molecular formula is C11H14BrN3O. The van der Waals surface area contributed by atoms with Crippen molar-refractivity contribution < 1.29 is 0 Å². The van der Waals surface area contributed by atoms with Crippen molar-refractivity contribution in [2.24, 2.45) is 5.92 Å². The Morgan fingerprint density at radius 2 is 2.25 bits per heavy atom. The Balaban J connectivity index is 2.48. The Bertz CT molecular complexity index is 558. The summed E-state index contributed by atoms with van der Waals surface area (Å²) < 4.78 is 3.37. The molecule has 16 heavy (non-hydrogen) atoms. The quantitative estimate of drug-likeness (QED) is 0.807. The fourth-order valence-electron chi connectivity index (χ4n) is 1.68. The molecule has 0 aliphatic rings. The Morgan fingerprint density at radius 1 is 1.50 bits per heavy atom. The number of rotatable bonds is 3. The second kappa shape index (κ2) is 4.41. The van der Waals surface area contributed by atoms with Crippen LogP contribution in [0.3, 0.4) is 0 Å². The highest BCUT2D eigenvalue weighted by Gasteiger charge is 2.07. The van der Waals surface area contributed by atoms with E-state index in [2.05, 4.69) is 28.0 Å². The number of aromatic nitrogens is 3. The van der Waals surface area contributed by atoms with E-state index in [0.29, 0.717) is 11.4 Å². The zero-order valence-electron chi connectivity index (χ0n) is 9.35. The van der Waals surface area contributed by atoms with Crippen LogP contribution in [0.1, 0.15) is 12.6 Å². The van der Waals surface area contributed by atoms with Gasteiger partial charge in [0.2, 0.25) is 0 Å². The van der Waals surface area contributed by atoms with Crippen LogP contribution in [0.4, 0.5) is 0 Å². The Kier molecular flexibility index (Phi) is 3.14. The molecule has 5 heteroatoms. The summed E-state index contributed by atoms with van der Waals surface area (Å²) in [6, 6.07) is 1.82. The highest BCUT2D eigenvalue weighted by molar-refractivity contribution is 9.09. The van der Waals surface area contributed by atoms with Crippen LogP contribution in [0, 0.1) is 12.8 Å². The fourth-order valence-corrected chi connectivity index (χ4v) is 1.88. The van der Waals surface area contributed by atoms with E-state index in [4.69, 9.17) is 0 Å². The van der Waals surface area contributed by atoms with E-state index in [-0.39, 0.29) is 5.56 Å². The van der Waals surface area contributed by atoms with Gasteiger partial charge in [0.1, 0.15) is 5.52 Å². The Morgan fingerprint density at radius 3 is 2.94 bits per heavy atom. The first kappa shape index (κ1) is 11.4. The molecule has 0 amide bonds. The summed E-state index contributed by atoms with van der Waals surface area (Å²) in [6.45, 7) is 4.72. The molecule has 0 bridgehead atoms. The van der Waals surface area contributed by atoms with E-state index in [1.807, 2.05) is 19.2 Å². The van der Waals surface area contributed by atoms with Crippen molar-refractivity contribution in [2.75, 3.05) is 5.33 Å². The third kappa shape index (κ3) is 2.04. The minimum atomic E-state index is 0.0240. The molecule has 0 saturated carbocycles. The molecule has 0 N–H and O–H groups in total. The molecule has 0 radical (unpaired) electrons. The average molecular weight is 284 g/mol. The number of halogens is 1. The smallest absolute Gasteiger partial charge is 0.276 e. The summed E-state index contributed by atoms with van der Waals surface area (Å²) in [5.74, 6) is 0.434. The molecule has 0 aliphatic carbocycles. The maximum Gasteiger partial charge on any atom is 0.276 e. The second-order valence-electron chi connectivity index (χ2n) is 4.13. The van der Waals surface area contributed by atoms with Crippen LogP contribution in [-0.4, -0.2) is 19.5 Å². The lowest BCUT2D eigenvalue weighted by Crippen LogP contribution is -2.24. The lowest BCUT2D eigenvalue weighted by Gasteiger charge is -2.10. The molecule has 0 saturated heterocycles. The predicted molar refractivity (Wildman–Crippen MR) is 67.1 cm³/mol. The van der Waals surface area contributed by atoms with E-state index in [1.54, 1.807) is 15.3 Å². The van der Waals surface area contributed by atoms with Crippen molar-refractivity contribution in [3.63, 3.8) is 0 Å². The summed E-state index contributed by atoms with van der Waals surface area (Å²) in [5.41, 5.74) is 1.53. The number of nitrogens with zero attached hydrogens (tertiary/aromatic N) is 3. The van der Waals surface area contributed by atoms with Crippen molar-refractivity contribution in [3.05, 3.63) is 34.5 Å². The fraction of sp³-hybridized carbons (Fsp3) is 0.455. The van der Waals surface area contributed by atoms with Crippen LogP contribution in [0.25, 0.3) is 5.52 Å². The molecule has 0 aromatic carbocycles. The largest absolute Gasteiger partial charge is 0.312 e. The number of aryl methyl sites for hydroxylation is 1. The normalized spacial score (nSPS) is 13.2. The second-order valence-corrected chi connectivity index (χ2v) is 4.78. The zero-order chi connectivity index (χ0) is 11.7. The van der Waals surface area contributed by atoms with Crippen LogP contribution in [0.2, 0.25) is 0 Å². The first-order valence-electron chi connectivity index (χ1n) is 5.23. The van der Waals surface area contributed by atoms with Gasteiger partial charge in [-0.3, -0.25) is 4.79 Å². The van der Waals surface area contributed by atoms with E-state index in [0.717, 1.165) is 17.6 Å². The molecule has 0 spiro atoms. The molecule has 4 nitrogen and oxygen atoms in total. The van der Waals surface area contributed by atoms with Crippen LogP contribution >= 0.6 is 15.9 Å². The van der Waals surface area contributed by atoms with Gasteiger partial charge in [-0.1, -0.05) is 22.9 Å². The zero-order valence-corrected chi connectivity index (χ0v) is 10.9. The number of alkyl halides is 1. The lowest BCUT2D eigenvalue weighted by atomic mass is 10.2. The van der Waals surface area contributed by atoms with Crippen molar-refractivity contribution in [1.29, 1.82) is 0 Å². The third-order valence-electron chi connectivity index (χ3n) is 2.50. The molecule has 1 atom stereocenters. The number of hydrogen-bond donors (Lipinski definition) is 0. The number of fused-ring (bicyclic) bond motifs is 1. The van der Waals surface area contributed by atoms with Gasteiger partial charge in [0, 0.05) is 24.3 Å². The summed E-state index contributed by atoms with van der Waals surface area (Å²) >= 11 is 3.42. The van der Waals surface area contributed by atoms with Gasteiger partial charge in [0.05, 0.1) is 5.69 Å². The molecule has 2 aromatic heterocycles. The van der Waals surface area contributed by atoms with Crippen LogP contribution in [-0.2, 0) is 6.54 Å². The lowest BCUT2D eigenvalue weighted by molar-refractivity contribution is 0.519. The monoisotopic (exact) mass is 283 g/mol. The van der Waals surface area contributed by atoms with E-state index >= 15 is 0 Å². The molecule has 2 rings (SSSR count). The Labute approximate surface area is 102 Å². The average Bonchev–Trinajstić information content (AvgIpc) is 2.64. The van der Waals surface area contributed by atoms with Gasteiger partial charge in [-0.15, -0.1) is 0 Å². The molecule has 0 fully saturated rings. The van der Waals surface area contributed by atoms with Gasteiger partial charge >= 0.3 is 0 Å². The van der Waals surface area contributed by atoms with Crippen molar-refractivity contribution >= 4 is 21.4 Å². The molecule has 86 valence electrons. The maximum atomic E-state index is 12.1. The number of hydrogen-bond acceptors (Lipinski definition) is 2. The first-order chi connectivity index (χ1) is 7.61.